The largest absolute Gasteiger partial charge is 0.328 e. The molecule has 72 valence electrons. The van der Waals surface area contributed by atoms with Crippen LogP contribution in [-0.2, 0) is 0 Å². The fourth-order valence-corrected chi connectivity index (χ4v) is 2.52. The Labute approximate surface area is 79.7 Å². The Kier molecular flexibility index (Phi) is 5.04. The fourth-order valence-electron chi connectivity index (χ4n) is 1.42. The summed E-state index contributed by atoms with van der Waals surface area (Å²) in [5, 5.41) is 3.56. The second kappa shape index (κ2) is 5.84. The van der Waals surface area contributed by atoms with E-state index in [-0.39, 0.29) is 0 Å². The molecule has 3 N–H and O–H groups in total. The van der Waals surface area contributed by atoms with E-state index in [0.29, 0.717) is 6.04 Å². The summed E-state index contributed by atoms with van der Waals surface area (Å²) < 4.78 is 0. The Morgan fingerprint density at radius 3 is 2.75 bits per heavy atom. The molecule has 1 fully saturated rings. The molecule has 3 heteroatoms. The molecule has 0 amide bonds. The predicted octanol–water partition coefficient (Wildman–Crippen LogP) is 1.21. The van der Waals surface area contributed by atoms with Crippen LogP contribution in [-0.4, -0.2) is 30.1 Å². The first-order chi connectivity index (χ1) is 5.79. The smallest absolute Gasteiger partial charge is 0.00827 e. The van der Waals surface area contributed by atoms with Gasteiger partial charge in [-0.05, 0) is 44.2 Å². The quantitative estimate of drug-likeness (QED) is 0.696. The third-order valence-electron chi connectivity index (χ3n) is 2.25. The molecule has 2 nitrogen and oxygen atoms in total. The van der Waals surface area contributed by atoms with Crippen LogP contribution in [0, 0.1) is 0 Å². The molecule has 0 spiro atoms. The SMILES string of the molecule is C[C@H](N)CCNC1CCSCC1. The van der Waals surface area contributed by atoms with Crippen molar-refractivity contribution >= 4 is 11.8 Å². The van der Waals surface area contributed by atoms with E-state index in [1.165, 1.54) is 24.3 Å². The van der Waals surface area contributed by atoms with Crippen LogP contribution in [0.4, 0.5) is 0 Å². The Hall–Kier alpha value is 0.270. The topological polar surface area (TPSA) is 38.0 Å². The van der Waals surface area contributed by atoms with E-state index in [9.17, 15) is 0 Å². The summed E-state index contributed by atoms with van der Waals surface area (Å²) in [5.74, 6) is 2.66. The van der Waals surface area contributed by atoms with Gasteiger partial charge in [-0.2, -0.15) is 11.8 Å². The van der Waals surface area contributed by atoms with Gasteiger partial charge in [0.15, 0.2) is 0 Å². The highest BCUT2D eigenvalue weighted by atomic mass is 32.2. The molecule has 0 aromatic rings. The summed E-state index contributed by atoms with van der Waals surface area (Å²) in [6.45, 7) is 3.16. The van der Waals surface area contributed by atoms with Gasteiger partial charge in [0.25, 0.3) is 0 Å². The molecule has 1 aliphatic rings. The van der Waals surface area contributed by atoms with Gasteiger partial charge in [0, 0.05) is 12.1 Å². The summed E-state index contributed by atoms with van der Waals surface area (Å²) in [5.41, 5.74) is 5.66. The van der Waals surface area contributed by atoms with Crippen molar-refractivity contribution in [2.45, 2.75) is 38.3 Å². The van der Waals surface area contributed by atoms with Crippen molar-refractivity contribution in [2.24, 2.45) is 5.73 Å². The molecule has 1 atom stereocenters. The summed E-state index contributed by atoms with van der Waals surface area (Å²) in [4.78, 5) is 0. The molecular formula is C9H20N2S. The van der Waals surface area contributed by atoms with E-state index < -0.39 is 0 Å². The zero-order valence-corrected chi connectivity index (χ0v) is 8.70. The molecule has 0 bridgehead atoms. The van der Waals surface area contributed by atoms with Crippen LogP contribution in [0.5, 0.6) is 0 Å². The van der Waals surface area contributed by atoms with Gasteiger partial charge in [-0.25, -0.2) is 0 Å². The molecular weight excluding hydrogens is 168 g/mol. The van der Waals surface area contributed by atoms with Crippen LogP contribution in [0.15, 0.2) is 0 Å². The number of nitrogens with one attached hydrogen (secondary N) is 1. The zero-order chi connectivity index (χ0) is 8.81. The van der Waals surface area contributed by atoms with Crippen LogP contribution in [0.3, 0.4) is 0 Å². The number of thioether (sulfide) groups is 1. The maximum atomic E-state index is 5.66. The second-order valence-electron chi connectivity index (χ2n) is 3.61. The maximum Gasteiger partial charge on any atom is 0.00827 e. The average molecular weight is 188 g/mol. The van der Waals surface area contributed by atoms with Crippen molar-refractivity contribution in [1.82, 2.24) is 5.32 Å². The molecule has 1 heterocycles. The molecule has 1 aliphatic heterocycles. The first-order valence-electron chi connectivity index (χ1n) is 4.86. The Bertz CT molecular complexity index is 111. The highest BCUT2D eigenvalue weighted by molar-refractivity contribution is 7.99. The van der Waals surface area contributed by atoms with E-state index >= 15 is 0 Å². The summed E-state index contributed by atoms with van der Waals surface area (Å²) in [6.07, 6.45) is 3.77. The summed E-state index contributed by atoms with van der Waals surface area (Å²) >= 11 is 2.07. The molecule has 12 heavy (non-hydrogen) atoms. The van der Waals surface area contributed by atoms with Gasteiger partial charge in [-0.1, -0.05) is 0 Å². The van der Waals surface area contributed by atoms with Crippen molar-refractivity contribution in [2.75, 3.05) is 18.1 Å². The minimum atomic E-state index is 0.343. The van der Waals surface area contributed by atoms with Crippen LogP contribution in [0.1, 0.15) is 26.2 Å². The Balaban J connectivity index is 1.98. The van der Waals surface area contributed by atoms with E-state index in [0.717, 1.165) is 19.0 Å². The normalized spacial score (nSPS) is 22.5. The lowest BCUT2D eigenvalue weighted by Gasteiger charge is -2.22. The number of nitrogens with two attached hydrogens (primary N) is 1. The van der Waals surface area contributed by atoms with Crippen molar-refractivity contribution in [3.63, 3.8) is 0 Å². The van der Waals surface area contributed by atoms with Gasteiger partial charge in [-0.3, -0.25) is 0 Å². The lowest BCUT2D eigenvalue weighted by molar-refractivity contribution is 0.464. The Morgan fingerprint density at radius 2 is 2.17 bits per heavy atom. The van der Waals surface area contributed by atoms with Crippen molar-refractivity contribution in [3.8, 4) is 0 Å². The van der Waals surface area contributed by atoms with Crippen LogP contribution < -0.4 is 11.1 Å². The number of hydrogen-bond donors (Lipinski definition) is 2. The minimum Gasteiger partial charge on any atom is -0.328 e. The average Bonchev–Trinajstić information content (AvgIpc) is 2.05. The molecule has 0 aliphatic carbocycles. The van der Waals surface area contributed by atoms with Gasteiger partial charge < -0.3 is 11.1 Å². The van der Waals surface area contributed by atoms with Gasteiger partial charge in [-0.15, -0.1) is 0 Å². The first kappa shape index (κ1) is 10.4. The lowest BCUT2D eigenvalue weighted by atomic mass is 10.1. The number of hydrogen-bond acceptors (Lipinski definition) is 3. The van der Waals surface area contributed by atoms with E-state index in [2.05, 4.69) is 24.0 Å². The van der Waals surface area contributed by atoms with E-state index in [1.807, 2.05) is 0 Å². The standard InChI is InChI=1S/C9H20N2S/c1-8(10)2-5-11-9-3-6-12-7-4-9/h8-9,11H,2-7,10H2,1H3/t8-/m0/s1. The Morgan fingerprint density at radius 1 is 1.50 bits per heavy atom. The van der Waals surface area contributed by atoms with Crippen LogP contribution in [0.25, 0.3) is 0 Å². The van der Waals surface area contributed by atoms with Gasteiger partial charge in [0.05, 0.1) is 0 Å². The fraction of sp³-hybridized carbons (Fsp3) is 1.00. The molecule has 0 aromatic carbocycles. The number of rotatable bonds is 4. The predicted molar refractivity (Wildman–Crippen MR) is 56.6 cm³/mol. The van der Waals surface area contributed by atoms with Gasteiger partial charge in [0.2, 0.25) is 0 Å². The van der Waals surface area contributed by atoms with Gasteiger partial charge in [0.1, 0.15) is 0 Å². The minimum absolute atomic E-state index is 0.343. The first-order valence-corrected chi connectivity index (χ1v) is 6.01. The van der Waals surface area contributed by atoms with Crippen molar-refractivity contribution in [1.29, 1.82) is 0 Å². The zero-order valence-electron chi connectivity index (χ0n) is 7.88. The molecule has 1 saturated heterocycles. The van der Waals surface area contributed by atoms with Crippen LogP contribution in [0.2, 0.25) is 0 Å². The third-order valence-corrected chi connectivity index (χ3v) is 3.30. The molecule has 0 unspecified atom stereocenters. The lowest BCUT2D eigenvalue weighted by Crippen LogP contribution is -2.35. The summed E-state index contributed by atoms with van der Waals surface area (Å²) in [6, 6.07) is 1.11. The molecule has 1 rings (SSSR count). The third kappa shape index (κ3) is 4.33. The maximum absolute atomic E-state index is 5.66. The van der Waals surface area contributed by atoms with Crippen LogP contribution >= 0.6 is 11.8 Å². The molecule has 0 saturated carbocycles. The highest BCUT2D eigenvalue weighted by Crippen LogP contribution is 2.16. The van der Waals surface area contributed by atoms with E-state index in [4.69, 9.17) is 5.73 Å². The van der Waals surface area contributed by atoms with Crippen molar-refractivity contribution < 1.29 is 0 Å². The summed E-state index contributed by atoms with van der Waals surface area (Å²) in [7, 11) is 0. The highest BCUT2D eigenvalue weighted by Gasteiger charge is 2.12. The van der Waals surface area contributed by atoms with Crippen molar-refractivity contribution in [3.05, 3.63) is 0 Å². The molecule has 0 radical (unpaired) electrons. The monoisotopic (exact) mass is 188 g/mol. The molecule has 0 aromatic heterocycles. The van der Waals surface area contributed by atoms with E-state index in [1.54, 1.807) is 0 Å². The van der Waals surface area contributed by atoms with Gasteiger partial charge >= 0.3 is 0 Å². The second-order valence-corrected chi connectivity index (χ2v) is 4.83.